The highest BCUT2D eigenvalue weighted by atomic mass is 32.1. The van der Waals surface area contributed by atoms with Gasteiger partial charge in [-0.15, -0.1) is 0 Å². The Hall–Kier alpha value is -1.93. The molecular weight excluding hydrogens is 228 g/mol. The minimum atomic E-state index is -1.20. The molecule has 0 aliphatic carbocycles. The summed E-state index contributed by atoms with van der Waals surface area (Å²) in [4.78, 5) is 21.5. The molecular formula is C11H8O4S. The molecule has 1 aromatic rings. The van der Waals surface area contributed by atoms with Gasteiger partial charge in [0.15, 0.2) is 0 Å². The standard InChI is InChI=1S/C11H8O4S/c12-10(13)8-4-3-7(2-1-5-16)9(6-8)11(14)15/h3-4,6,16H,5H2,(H,12,13)(H,14,15). The van der Waals surface area contributed by atoms with Gasteiger partial charge in [0.25, 0.3) is 0 Å². The second-order valence-electron chi connectivity index (χ2n) is 2.83. The van der Waals surface area contributed by atoms with Crippen LogP contribution in [0.2, 0.25) is 0 Å². The maximum Gasteiger partial charge on any atom is 0.336 e. The molecule has 0 bridgehead atoms. The number of carboxylic acid groups (broad SMARTS) is 2. The fraction of sp³-hybridized carbons (Fsp3) is 0.0909. The van der Waals surface area contributed by atoms with Crippen LogP contribution in [0.15, 0.2) is 18.2 Å². The first-order valence-corrected chi connectivity index (χ1v) is 4.90. The van der Waals surface area contributed by atoms with Crippen LogP contribution in [-0.2, 0) is 0 Å². The van der Waals surface area contributed by atoms with Gasteiger partial charge in [-0.3, -0.25) is 0 Å². The Bertz CT molecular complexity index is 496. The lowest BCUT2D eigenvalue weighted by molar-refractivity contribution is 0.0695. The summed E-state index contributed by atoms with van der Waals surface area (Å²) < 4.78 is 0. The monoisotopic (exact) mass is 236 g/mol. The van der Waals surface area contributed by atoms with Gasteiger partial charge in [0.1, 0.15) is 0 Å². The van der Waals surface area contributed by atoms with E-state index in [0.717, 1.165) is 6.07 Å². The number of carbonyl (C=O) groups is 2. The summed E-state index contributed by atoms with van der Waals surface area (Å²) in [5, 5.41) is 17.6. The molecule has 4 nitrogen and oxygen atoms in total. The van der Waals surface area contributed by atoms with Crippen molar-refractivity contribution in [2.75, 3.05) is 5.75 Å². The second-order valence-corrected chi connectivity index (χ2v) is 3.15. The average Bonchev–Trinajstić information content (AvgIpc) is 2.25. The van der Waals surface area contributed by atoms with E-state index in [1.54, 1.807) is 0 Å². The summed E-state index contributed by atoms with van der Waals surface area (Å²) in [6.45, 7) is 0. The highest BCUT2D eigenvalue weighted by Crippen LogP contribution is 2.11. The van der Waals surface area contributed by atoms with Crippen LogP contribution < -0.4 is 0 Å². The van der Waals surface area contributed by atoms with Gasteiger partial charge in [-0.2, -0.15) is 12.6 Å². The van der Waals surface area contributed by atoms with Crippen molar-refractivity contribution < 1.29 is 19.8 Å². The van der Waals surface area contributed by atoms with Crippen molar-refractivity contribution in [3.63, 3.8) is 0 Å². The van der Waals surface area contributed by atoms with Crippen molar-refractivity contribution in [3.8, 4) is 11.8 Å². The highest BCUT2D eigenvalue weighted by molar-refractivity contribution is 7.80. The lowest BCUT2D eigenvalue weighted by atomic mass is 10.0. The Labute approximate surface area is 97.3 Å². The van der Waals surface area contributed by atoms with E-state index in [0.29, 0.717) is 5.75 Å². The molecule has 0 aliphatic rings. The predicted octanol–water partition coefficient (Wildman–Crippen LogP) is 1.36. The van der Waals surface area contributed by atoms with Crippen LogP contribution in [0, 0.1) is 11.8 Å². The molecule has 0 amide bonds. The molecule has 0 radical (unpaired) electrons. The summed E-state index contributed by atoms with van der Waals surface area (Å²) in [5.41, 5.74) is 0.0922. The van der Waals surface area contributed by atoms with E-state index in [1.165, 1.54) is 12.1 Å². The van der Waals surface area contributed by atoms with Gasteiger partial charge in [0.2, 0.25) is 0 Å². The molecule has 16 heavy (non-hydrogen) atoms. The minimum absolute atomic E-state index is 0.0752. The SMILES string of the molecule is O=C(O)c1ccc(C#CCS)c(C(=O)O)c1. The minimum Gasteiger partial charge on any atom is -0.478 e. The van der Waals surface area contributed by atoms with Gasteiger partial charge in [-0.05, 0) is 18.2 Å². The topological polar surface area (TPSA) is 74.6 Å². The largest absolute Gasteiger partial charge is 0.478 e. The first-order chi connectivity index (χ1) is 7.56. The Morgan fingerprint density at radius 3 is 2.44 bits per heavy atom. The molecule has 5 heteroatoms. The van der Waals surface area contributed by atoms with Gasteiger partial charge in [-0.1, -0.05) is 11.8 Å². The quantitative estimate of drug-likeness (QED) is 0.535. The fourth-order valence-electron chi connectivity index (χ4n) is 1.10. The number of rotatable bonds is 2. The Morgan fingerprint density at radius 1 is 1.25 bits per heavy atom. The Balaban J connectivity index is 3.30. The highest BCUT2D eigenvalue weighted by Gasteiger charge is 2.12. The third kappa shape index (κ3) is 2.78. The number of benzene rings is 1. The molecule has 0 aliphatic heterocycles. The van der Waals surface area contributed by atoms with Crippen LogP contribution in [0.5, 0.6) is 0 Å². The van der Waals surface area contributed by atoms with Crippen LogP contribution in [0.3, 0.4) is 0 Å². The number of carboxylic acids is 2. The van der Waals surface area contributed by atoms with E-state index in [9.17, 15) is 9.59 Å². The zero-order chi connectivity index (χ0) is 12.1. The molecule has 0 saturated heterocycles. The maximum absolute atomic E-state index is 10.9. The van der Waals surface area contributed by atoms with Gasteiger partial charge >= 0.3 is 11.9 Å². The molecule has 0 unspecified atom stereocenters. The van der Waals surface area contributed by atoms with E-state index < -0.39 is 11.9 Å². The summed E-state index contributed by atoms with van der Waals surface area (Å²) in [5.74, 6) is 3.16. The molecule has 0 fully saturated rings. The van der Waals surface area contributed by atoms with Gasteiger partial charge in [0, 0.05) is 5.56 Å². The molecule has 1 aromatic carbocycles. The molecule has 0 spiro atoms. The van der Waals surface area contributed by atoms with Crippen molar-refractivity contribution in [1.82, 2.24) is 0 Å². The maximum atomic E-state index is 10.9. The van der Waals surface area contributed by atoms with E-state index in [2.05, 4.69) is 24.5 Å². The van der Waals surface area contributed by atoms with Crippen molar-refractivity contribution in [2.45, 2.75) is 0 Å². The number of hydrogen-bond acceptors (Lipinski definition) is 3. The van der Waals surface area contributed by atoms with E-state index in [-0.39, 0.29) is 16.7 Å². The lowest BCUT2D eigenvalue weighted by Crippen LogP contribution is -2.04. The van der Waals surface area contributed by atoms with Crippen LogP contribution in [0.25, 0.3) is 0 Å². The summed E-state index contributed by atoms with van der Waals surface area (Å²) in [6.07, 6.45) is 0. The van der Waals surface area contributed by atoms with Gasteiger partial charge in [-0.25, -0.2) is 9.59 Å². The molecule has 1 rings (SSSR count). The predicted molar refractivity (Wildman–Crippen MR) is 61.1 cm³/mol. The number of aromatic carboxylic acids is 2. The Morgan fingerprint density at radius 2 is 1.94 bits per heavy atom. The van der Waals surface area contributed by atoms with Crippen LogP contribution in [0.1, 0.15) is 26.3 Å². The smallest absolute Gasteiger partial charge is 0.336 e. The van der Waals surface area contributed by atoms with Crippen molar-refractivity contribution in [1.29, 1.82) is 0 Å². The van der Waals surface area contributed by atoms with Crippen LogP contribution >= 0.6 is 12.6 Å². The van der Waals surface area contributed by atoms with E-state index >= 15 is 0 Å². The third-order valence-corrected chi connectivity index (χ3v) is 1.96. The van der Waals surface area contributed by atoms with Crippen LogP contribution in [0.4, 0.5) is 0 Å². The third-order valence-electron chi connectivity index (χ3n) is 1.80. The normalized spacial score (nSPS) is 9.06. The first kappa shape index (κ1) is 12.1. The number of hydrogen-bond donors (Lipinski definition) is 3. The summed E-state index contributed by atoms with van der Waals surface area (Å²) in [6, 6.07) is 3.79. The Kier molecular flexibility index (Phi) is 3.97. The lowest BCUT2D eigenvalue weighted by Gasteiger charge is -2.00. The van der Waals surface area contributed by atoms with Gasteiger partial charge < -0.3 is 10.2 Å². The van der Waals surface area contributed by atoms with E-state index in [4.69, 9.17) is 10.2 Å². The summed E-state index contributed by atoms with van der Waals surface area (Å²) in [7, 11) is 0. The van der Waals surface area contributed by atoms with Crippen molar-refractivity contribution in [3.05, 3.63) is 34.9 Å². The summed E-state index contributed by atoms with van der Waals surface area (Å²) >= 11 is 3.87. The molecule has 0 heterocycles. The van der Waals surface area contributed by atoms with Crippen LogP contribution in [-0.4, -0.2) is 27.9 Å². The number of thiol groups is 1. The van der Waals surface area contributed by atoms with Crippen molar-refractivity contribution in [2.24, 2.45) is 0 Å². The molecule has 0 atom stereocenters. The first-order valence-electron chi connectivity index (χ1n) is 4.26. The molecule has 0 aromatic heterocycles. The molecule has 0 saturated carbocycles. The average molecular weight is 236 g/mol. The fourth-order valence-corrected chi connectivity index (χ4v) is 1.18. The van der Waals surface area contributed by atoms with Gasteiger partial charge in [0.05, 0.1) is 16.9 Å². The second kappa shape index (κ2) is 5.24. The van der Waals surface area contributed by atoms with E-state index in [1.807, 2.05) is 0 Å². The molecule has 2 N–H and O–H groups in total. The zero-order valence-corrected chi connectivity index (χ0v) is 8.99. The zero-order valence-electron chi connectivity index (χ0n) is 8.10. The van der Waals surface area contributed by atoms with Crippen molar-refractivity contribution >= 4 is 24.6 Å². The molecule has 82 valence electrons.